The van der Waals surface area contributed by atoms with Crippen LogP contribution in [-0.2, 0) is 4.79 Å². The Hall–Kier alpha value is -0.190. The molecule has 1 rings (SSSR count). The van der Waals surface area contributed by atoms with Crippen LogP contribution in [0.1, 0.15) is 29.8 Å². The van der Waals surface area contributed by atoms with E-state index < -0.39 is 10.4 Å². The Balaban J connectivity index is 2.87. The molecular formula is C13H16Br2O2. The van der Waals surface area contributed by atoms with Gasteiger partial charge in [-0.05, 0) is 26.3 Å². The smallest absolute Gasteiger partial charge is 0.178 e. The number of benzene rings is 1. The number of hydrogen-bond acceptors (Lipinski definition) is 2. The third kappa shape index (κ3) is 3.90. The molecule has 0 spiro atoms. The molecule has 0 amide bonds. The molecule has 0 aliphatic carbocycles. The van der Waals surface area contributed by atoms with Gasteiger partial charge in [0.1, 0.15) is 5.60 Å². The summed E-state index contributed by atoms with van der Waals surface area (Å²) in [6.07, 6.45) is 0. The van der Waals surface area contributed by atoms with E-state index in [1.165, 1.54) is 19.4 Å². The molecule has 0 aliphatic rings. The van der Waals surface area contributed by atoms with Crippen LogP contribution in [0, 0.1) is 6.92 Å². The quantitative estimate of drug-likeness (QED) is 0.831. The van der Waals surface area contributed by atoms with Gasteiger partial charge in [0, 0.05) is 0 Å². The molecule has 2 unspecified atom stereocenters. The van der Waals surface area contributed by atoms with E-state index in [2.05, 4.69) is 31.9 Å². The Kier molecular flexibility index (Phi) is 4.93. The molecule has 2 atom stereocenters. The van der Waals surface area contributed by atoms with Crippen molar-refractivity contribution in [3.63, 3.8) is 0 Å². The Labute approximate surface area is 119 Å². The minimum Gasteiger partial charge on any atom is -0.383 e. The molecule has 0 bridgehead atoms. The molecule has 2 nitrogen and oxygen atoms in total. The largest absolute Gasteiger partial charge is 0.383 e. The van der Waals surface area contributed by atoms with Crippen molar-refractivity contribution < 1.29 is 9.90 Å². The minimum atomic E-state index is -1.33. The molecule has 1 aromatic carbocycles. The highest BCUT2D eigenvalue weighted by molar-refractivity contribution is 9.12. The van der Waals surface area contributed by atoms with Gasteiger partial charge in [-0.3, -0.25) is 4.79 Å². The average molecular weight is 364 g/mol. The number of aryl methyl sites for hydroxylation is 1. The number of ketones is 1. The maximum atomic E-state index is 11.9. The highest BCUT2D eigenvalue weighted by Gasteiger charge is 2.34. The van der Waals surface area contributed by atoms with E-state index in [0.29, 0.717) is 0 Å². The first kappa shape index (κ1) is 14.9. The summed E-state index contributed by atoms with van der Waals surface area (Å²) >= 11 is 6.83. The van der Waals surface area contributed by atoms with Gasteiger partial charge in [0.15, 0.2) is 5.78 Å². The SMILES string of the molecule is Cc1ccc(C(Br)C(Br)C(=O)C(C)(C)O)cc1. The van der Waals surface area contributed by atoms with E-state index in [1.54, 1.807) is 0 Å². The summed E-state index contributed by atoms with van der Waals surface area (Å²) in [4.78, 5) is 11.3. The second-order valence-electron chi connectivity index (χ2n) is 4.64. The lowest BCUT2D eigenvalue weighted by Gasteiger charge is -2.23. The van der Waals surface area contributed by atoms with E-state index in [4.69, 9.17) is 0 Å². The molecule has 94 valence electrons. The van der Waals surface area contributed by atoms with Gasteiger partial charge in [-0.25, -0.2) is 0 Å². The molecule has 0 fully saturated rings. The zero-order valence-corrected chi connectivity index (χ0v) is 13.2. The number of aliphatic hydroxyl groups is 1. The summed E-state index contributed by atoms with van der Waals surface area (Å²) in [7, 11) is 0. The van der Waals surface area contributed by atoms with E-state index in [0.717, 1.165) is 5.56 Å². The molecule has 0 aromatic heterocycles. The average Bonchev–Trinajstić information content (AvgIpc) is 2.26. The molecule has 1 aromatic rings. The maximum Gasteiger partial charge on any atom is 0.178 e. The summed E-state index contributed by atoms with van der Waals surface area (Å²) in [5.74, 6) is -0.236. The van der Waals surface area contributed by atoms with Crippen LogP contribution in [0.5, 0.6) is 0 Å². The van der Waals surface area contributed by atoms with Crippen LogP contribution in [0.4, 0.5) is 0 Å². The molecule has 0 heterocycles. The van der Waals surface area contributed by atoms with Crippen molar-refractivity contribution in [3.05, 3.63) is 35.4 Å². The van der Waals surface area contributed by atoms with Crippen LogP contribution in [0.3, 0.4) is 0 Å². The predicted octanol–water partition coefficient (Wildman–Crippen LogP) is 3.53. The third-order valence-corrected chi connectivity index (χ3v) is 5.22. The van der Waals surface area contributed by atoms with Gasteiger partial charge in [0.25, 0.3) is 0 Å². The van der Waals surface area contributed by atoms with Crippen molar-refractivity contribution >= 4 is 37.6 Å². The fraction of sp³-hybridized carbons (Fsp3) is 0.462. The normalized spacial score (nSPS) is 15.4. The van der Waals surface area contributed by atoms with Gasteiger partial charge >= 0.3 is 0 Å². The Morgan fingerprint density at radius 2 is 1.71 bits per heavy atom. The number of alkyl halides is 2. The number of carbonyl (C=O) groups excluding carboxylic acids is 1. The number of hydrogen-bond donors (Lipinski definition) is 1. The molecule has 17 heavy (non-hydrogen) atoms. The molecule has 4 heteroatoms. The fourth-order valence-electron chi connectivity index (χ4n) is 1.39. The van der Waals surface area contributed by atoms with Crippen LogP contribution in [0.2, 0.25) is 0 Å². The van der Waals surface area contributed by atoms with Crippen molar-refractivity contribution in [1.82, 2.24) is 0 Å². The van der Waals surface area contributed by atoms with Crippen LogP contribution in [0.25, 0.3) is 0 Å². The first-order chi connectivity index (χ1) is 7.73. The standard InChI is InChI=1S/C13H16Br2O2/c1-8-4-6-9(7-5-8)10(14)11(15)12(16)13(2,3)17/h4-7,10-11,17H,1-3H3. The minimum absolute atomic E-state index is 0.151. The van der Waals surface area contributed by atoms with Gasteiger partial charge in [-0.15, -0.1) is 0 Å². The maximum absolute atomic E-state index is 11.9. The van der Waals surface area contributed by atoms with Crippen molar-refractivity contribution in [2.45, 2.75) is 36.0 Å². The Bertz CT molecular complexity index is 393. The molecule has 0 saturated carbocycles. The summed E-state index contributed by atoms with van der Waals surface area (Å²) in [6.45, 7) is 5.01. The van der Waals surface area contributed by atoms with Crippen molar-refractivity contribution in [2.75, 3.05) is 0 Å². The number of carbonyl (C=O) groups is 1. The number of halogens is 2. The molecule has 0 saturated heterocycles. The lowest BCUT2D eigenvalue weighted by Crippen LogP contribution is -2.38. The van der Waals surface area contributed by atoms with Crippen LogP contribution < -0.4 is 0 Å². The third-order valence-electron chi connectivity index (χ3n) is 2.51. The van der Waals surface area contributed by atoms with Gasteiger partial charge in [0.05, 0.1) is 9.65 Å². The zero-order chi connectivity index (χ0) is 13.2. The highest BCUT2D eigenvalue weighted by Crippen LogP contribution is 2.33. The van der Waals surface area contributed by atoms with E-state index >= 15 is 0 Å². The van der Waals surface area contributed by atoms with Crippen LogP contribution in [0.15, 0.2) is 24.3 Å². The summed E-state index contributed by atoms with van der Waals surface area (Å²) in [5.41, 5.74) is 0.855. The van der Waals surface area contributed by atoms with E-state index in [-0.39, 0.29) is 10.6 Å². The first-order valence-corrected chi connectivity index (χ1v) is 7.18. The van der Waals surface area contributed by atoms with Gasteiger partial charge in [-0.1, -0.05) is 61.7 Å². The molecule has 0 aliphatic heterocycles. The second kappa shape index (κ2) is 5.63. The van der Waals surface area contributed by atoms with E-state index in [9.17, 15) is 9.90 Å². The summed E-state index contributed by atoms with van der Waals surface area (Å²) in [5, 5.41) is 9.70. The summed E-state index contributed by atoms with van der Waals surface area (Å²) in [6, 6.07) is 7.94. The topological polar surface area (TPSA) is 37.3 Å². The van der Waals surface area contributed by atoms with Gasteiger partial charge in [0.2, 0.25) is 0 Å². The summed E-state index contributed by atoms with van der Waals surface area (Å²) < 4.78 is 0. The number of rotatable bonds is 4. The van der Waals surface area contributed by atoms with E-state index in [1.807, 2.05) is 31.2 Å². The molecular weight excluding hydrogens is 348 g/mol. The van der Waals surface area contributed by atoms with Crippen LogP contribution >= 0.6 is 31.9 Å². The lowest BCUT2D eigenvalue weighted by atomic mass is 9.97. The molecule has 1 N–H and O–H groups in total. The van der Waals surface area contributed by atoms with Crippen LogP contribution in [-0.4, -0.2) is 21.3 Å². The first-order valence-electron chi connectivity index (χ1n) is 5.35. The van der Waals surface area contributed by atoms with Crippen molar-refractivity contribution in [3.8, 4) is 0 Å². The number of Topliss-reactive ketones (excluding diaryl/α,β-unsaturated/α-hetero) is 1. The monoisotopic (exact) mass is 362 g/mol. The Morgan fingerprint density at radius 3 is 2.12 bits per heavy atom. The predicted molar refractivity (Wildman–Crippen MR) is 76.9 cm³/mol. The molecule has 0 radical (unpaired) electrons. The van der Waals surface area contributed by atoms with Crippen molar-refractivity contribution in [2.24, 2.45) is 0 Å². The van der Waals surface area contributed by atoms with Crippen molar-refractivity contribution in [1.29, 1.82) is 0 Å². The zero-order valence-electron chi connectivity index (χ0n) is 10.1. The lowest BCUT2D eigenvalue weighted by molar-refractivity contribution is -0.133. The second-order valence-corrected chi connectivity index (χ2v) is 6.61. The van der Waals surface area contributed by atoms with Gasteiger partial charge < -0.3 is 5.11 Å². The Morgan fingerprint density at radius 1 is 1.24 bits per heavy atom. The van der Waals surface area contributed by atoms with Gasteiger partial charge in [-0.2, -0.15) is 0 Å². The fourth-order valence-corrected chi connectivity index (χ4v) is 2.80. The highest BCUT2D eigenvalue weighted by atomic mass is 79.9.